The molecule has 0 N–H and O–H groups in total. The predicted molar refractivity (Wildman–Crippen MR) is 98.4 cm³/mol. The number of hydrogen-bond donors (Lipinski definition) is 0. The Morgan fingerprint density at radius 3 is 2.10 bits per heavy atom. The van der Waals surface area contributed by atoms with Gasteiger partial charge in [0, 0.05) is 0 Å². The van der Waals surface area contributed by atoms with Crippen molar-refractivity contribution in [3.63, 3.8) is 0 Å². The molecule has 1 atom stereocenters. The van der Waals surface area contributed by atoms with Gasteiger partial charge in [0.1, 0.15) is 0 Å². The zero-order valence-electron chi connectivity index (χ0n) is 14.2. The molecule has 1 unspecified atom stereocenters. The summed E-state index contributed by atoms with van der Waals surface area (Å²) in [5, 5.41) is 0. The predicted octanol–water partition coefficient (Wildman–Crippen LogP) is 6.92. The molecule has 1 heteroatoms. The smallest absolute Gasteiger partial charge is 0.0202 e. The van der Waals surface area contributed by atoms with Crippen molar-refractivity contribution in [2.45, 2.75) is 83.7 Å². The molecule has 0 aliphatic heterocycles. The van der Waals surface area contributed by atoms with Gasteiger partial charge >= 0.3 is 0 Å². The van der Waals surface area contributed by atoms with Gasteiger partial charge in [-0.25, -0.2) is 0 Å². The molecular weight excluding hydrogens is 271 g/mol. The number of hydrogen-bond acceptors (Lipinski definition) is 0. The molecule has 0 nitrogen and oxygen atoms in total. The van der Waals surface area contributed by atoms with Crippen LogP contribution in [0.25, 0.3) is 0 Å². The van der Waals surface area contributed by atoms with Crippen LogP contribution in [0.3, 0.4) is 0 Å². The maximum absolute atomic E-state index is 4.34. The van der Waals surface area contributed by atoms with E-state index in [0.717, 1.165) is 32.0 Å². The van der Waals surface area contributed by atoms with Crippen LogP contribution in [-0.2, 0) is 0 Å². The second-order valence-electron chi connectivity index (χ2n) is 7.30. The quantitative estimate of drug-likeness (QED) is 0.369. The highest BCUT2D eigenvalue weighted by Gasteiger charge is 2.31. The highest BCUT2D eigenvalue weighted by molar-refractivity contribution is 7.42. The normalized spacial score (nSPS) is 34.8. The van der Waals surface area contributed by atoms with Gasteiger partial charge in [0.2, 0.25) is 0 Å². The zero-order chi connectivity index (χ0) is 15.1. The molecule has 0 saturated heterocycles. The fourth-order valence-electron chi connectivity index (χ4n) is 4.51. The first-order valence-corrected chi connectivity index (χ1v) is 10.4. The van der Waals surface area contributed by atoms with Gasteiger partial charge in [-0.3, -0.25) is 0 Å². The fraction of sp³-hybridized carbons (Fsp3) is 0.800. The van der Waals surface area contributed by atoms with E-state index >= 15 is 0 Å². The minimum atomic E-state index is 0.855. The van der Waals surface area contributed by atoms with Crippen LogP contribution in [0.2, 0.25) is 0 Å². The van der Waals surface area contributed by atoms with Gasteiger partial charge in [0.25, 0.3) is 0 Å². The molecule has 2 fully saturated rings. The minimum absolute atomic E-state index is 0.855. The summed E-state index contributed by atoms with van der Waals surface area (Å²) >= 11 is 0. The Morgan fingerprint density at radius 2 is 1.57 bits per heavy atom. The maximum atomic E-state index is 4.34. The summed E-state index contributed by atoms with van der Waals surface area (Å²) in [7, 11) is 1.08. The lowest BCUT2D eigenvalue weighted by atomic mass is 9.69. The highest BCUT2D eigenvalue weighted by atomic mass is 31.1. The number of rotatable bonds is 6. The van der Waals surface area contributed by atoms with Crippen molar-refractivity contribution < 1.29 is 0 Å². The standard InChI is InChI=1S/C20H35P/c1-4-6-16(3)17-7-9-18(10-8-17)19-11-13-20(14-12-19)21-15-5-2/h5,15,17-21H,3-4,6-14H2,1-2H3. The molecule has 0 amide bonds. The Balaban J connectivity index is 1.70. The van der Waals surface area contributed by atoms with Crippen LogP contribution in [0.4, 0.5) is 0 Å². The monoisotopic (exact) mass is 306 g/mol. The van der Waals surface area contributed by atoms with Gasteiger partial charge in [0.15, 0.2) is 0 Å². The SMILES string of the molecule is C=C(CCC)C1CCC(C2CCC(PC=CC)CC2)CC1. The van der Waals surface area contributed by atoms with E-state index in [1.54, 1.807) is 5.57 Å². The largest absolute Gasteiger partial charge is 0.0996 e. The third-order valence-corrected chi connectivity index (χ3v) is 7.43. The van der Waals surface area contributed by atoms with E-state index in [0.29, 0.717) is 0 Å². The zero-order valence-corrected chi connectivity index (χ0v) is 15.2. The van der Waals surface area contributed by atoms with Crippen LogP contribution in [0.1, 0.15) is 78.1 Å². The Labute approximate surface area is 134 Å². The summed E-state index contributed by atoms with van der Waals surface area (Å²) in [6.45, 7) is 8.78. The molecule has 0 radical (unpaired) electrons. The lowest BCUT2D eigenvalue weighted by molar-refractivity contribution is 0.178. The van der Waals surface area contributed by atoms with Crippen molar-refractivity contribution >= 4 is 8.58 Å². The van der Waals surface area contributed by atoms with Crippen molar-refractivity contribution in [2.75, 3.05) is 0 Å². The lowest BCUT2D eigenvalue weighted by Crippen LogP contribution is -2.26. The second-order valence-corrected chi connectivity index (χ2v) is 8.78. The van der Waals surface area contributed by atoms with Gasteiger partial charge in [-0.05, 0) is 88.1 Å². The van der Waals surface area contributed by atoms with Crippen molar-refractivity contribution in [2.24, 2.45) is 17.8 Å². The highest BCUT2D eigenvalue weighted by Crippen LogP contribution is 2.44. The van der Waals surface area contributed by atoms with Crippen LogP contribution < -0.4 is 0 Å². The van der Waals surface area contributed by atoms with Crippen molar-refractivity contribution in [3.8, 4) is 0 Å². The maximum Gasteiger partial charge on any atom is -0.0202 e. The van der Waals surface area contributed by atoms with Gasteiger partial charge in [-0.2, -0.15) is 0 Å². The first-order valence-electron chi connectivity index (χ1n) is 9.29. The molecular formula is C20H35P. The third kappa shape index (κ3) is 5.24. The summed E-state index contributed by atoms with van der Waals surface area (Å²) in [4.78, 5) is 0. The van der Waals surface area contributed by atoms with E-state index < -0.39 is 0 Å². The van der Waals surface area contributed by atoms with E-state index in [4.69, 9.17) is 0 Å². The molecule has 2 saturated carbocycles. The van der Waals surface area contributed by atoms with Crippen molar-refractivity contribution in [3.05, 3.63) is 24.0 Å². The summed E-state index contributed by atoms with van der Waals surface area (Å²) in [5.74, 6) is 5.35. The molecule has 0 bridgehead atoms. The summed E-state index contributed by atoms with van der Waals surface area (Å²) in [6, 6.07) is 0. The second kappa shape index (κ2) is 9.14. The Kier molecular flexibility index (Phi) is 7.51. The van der Waals surface area contributed by atoms with Crippen molar-refractivity contribution in [1.82, 2.24) is 0 Å². The molecule has 0 aromatic rings. The molecule has 120 valence electrons. The number of allylic oxidation sites excluding steroid dienone is 2. The van der Waals surface area contributed by atoms with Crippen LogP contribution in [-0.4, -0.2) is 5.66 Å². The van der Waals surface area contributed by atoms with Gasteiger partial charge < -0.3 is 0 Å². The molecule has 21 heavy (non-hydrogen) atoms. The van der Waals surface area contributed by atoms with Gasteiger partial charge in [-0.15, -0.1) is 0 Å². The Bertz CT molecular complexity index is 328. The van der Waals surface area contributed by atoms with Crippen LogP contribution >= 0.6 is 8.58 Å². The first kappa shape index (κ1) is 17.3. The molecule has 2 rings (SSSR count). The molecule has 2 aliphatic rings. The minimum Gasteiger partial charge on any atom is -0.0996 e. The van der Waals surface area contributed by atoms with E-state index in [-0.39, 0.29) is 0 Å². The lowest BCUT2D eigenvalue weighted by Gasteiger charge is -2.38. The topological polar surface area (TPSA) is 0 Å². The van der Waals surface area contributed by atoms with E-state index in [2.05, 4.69) is 32.3 Å². The average molecular weight is 306 g/mol. The van der Waals surface area contributed by atoms with Gasteiger partial charge in [0.05, 0.1) is 0 Å². The third-order valence-electron chi connectivity index (χ3n) is 5.86. The summed E-state index contributed by atoms with van der Waals surface area (Å²) < 4.78 is 0. The van der Waals surface area contributed by atoms with E-state index in [9.17, 15) is 0 Å². The van der Waals surface area contributed by atoms with Crippen LogP contribution in [0, 0.1) is 17.8 Å². The Morgan fingerprint density at radius 1 is 1.00 bits per heavy atom. The van der Waals surface area contributed by atoms with Crippen molar-refractivity contribution in [1.29, 1.82) is 0 Å². The van der Waals surface area contributed by atoms with Crippen LogP contribution in [0.5, 0.6) is 0 Å². The summed E-state index contributed by atoms with van der Waals surface area (Å²) in [6.07, 6.45) is 16.6. The molecule has 2 aliphatic carbocycles. The molecule has 0 aromatic heterocycles. The fourth-order valence-corrected chi connectivity index (χ4v) is 5.64. The average Bonchev–Trinajstić information content (AvgIpc) is 2.54. The van der Waals surface area contributed by atoms with E-state index in [1.165, 1.54) is 64.2 Å². The van der Waals surface area contributed by atoms with E-state index in [1.807, 2.05) is 0 Å². The molecule has 0 spiro atoms. The Hall–Kier alpha value is -0.0900. The van der Waals surface area contributed by atoms with Crippen LogP contribution in [0.15, 0.2) is 24.0 Å². The molecule has 0 heterocycles. The first-order chi connectivity index (χ1) is 10.2. The molecule has 0 aromatic carbocycles. The van der Waals surface area contributed by atoms with Gasteiger partial charge in [-0.1, -0.05) is 46.0 Å². The summed E-state index contributed by atoms with van der Waals surface area (Å²) in [5.41, 5.74) is 2.56.